The molecule has 1 aliphatic heterocycles. The van der Waals surface area contributed by atoms with Crippen molar-refractivity contribution in [2.45, 2.75) is 13.0 Å². The first-order valence-electron chi connectivity index (χ1n) is 11.2. The highest BCUT2D eigenvalue weighted by Crippen LogP contribution is 2.38. The number of carbonyl (C=O) groups is 1. The standard InChI is InChI=1S/C27H25N5O3/c1-17-23(26(33)29-20-14-8-10-16-22(20)35-3)24(18-11-5-4-6-12-18)32-27(28-17)30-25(31-32)19-13-7-9-15-21(19)34-2/h4-16,24H,1-3H3,(H,29,33)(H,28,30,31). The van der Waals surface area contributed by atoms with E-state index in [4.69, 9.17) is 19.6 Å². The number of rotatable bonds is 6. The van der Waals surface area contributed by atoms with E-state index in [1.54, 1.807) is 31.0 Å². The maximum absolute atomic E-state index is 13.7. The summed E-state index contributed by atoms with van der Waals surface area (Å²) in [5, 5.41) is 11.1. The van der Waals surface area contributed by atoms with Gasteiger partial charge >= 0.3 is 0 Å². The van der Waals surface area contributed by atoms with Crippen molar-refractivity contribution in [3.8, 4) is 22.9 Å². The third-order valence-electron chi connectivity index (χ3n) is 5.92. The van der Waals surface area contributed by atoms with Gasteiger partial charge in [0.2, 0.25) is 5.95 Å². The Bertz CT molecular complexity index is 1410. The topological polar surface area (TPSA) is 90.3 Å². The number of allylic oxidation sites excluding steroid dienone is 1. The minimum Gasteiger partial charge on any atom is -0.496 e. The van der Waals surface area contributed by atoms with Gasteiger partial charge in [0.1, 0.15) is 17.5 Å². The van der Waals surface area contributed by atoms with Gasteiger partial charge in [0.05, 0.1) is 31.0 Å². The van der Waals surface area contributed by atoms with Crippen LogP contribution in [0, 0.1) is 0 Å². The monoisotopic (exact) mass is 467 g/mol. The van der Waals surface area contributed by atoms with Gasteiger partial charge < -0.3 is 20.1 Å². The molecule has 0 saturated heterocycles. The molecule has 1 unspecified atom stereocenters. The van der Waals surface area contributed by atoms with Gasteiger partial charge in [-0.3, -0.25) is 4.79 Å². The van der Waals surface area contributed by atoms with E-state index in [2.05, 4.69) is 10.6 Å². The molecule has 0 fully saturated rings. The fourth-order valence-corrected chi connectivity index (χ4v) is 4.27. The first kappa shape index (κ1) is 22.2. The molecule has 0 spiro atoms. The predicted octanol–water partition coefficient (Wildman–Crippen LogP) is 4.89. The fourth-order valence-electron chi connectivity index (χ4n) is 4.27. The summed E-state index contributed by atoms with van der Waals surface area (Å²) in [6.07, 6.45) is 0. The van der Waals surface area contributed by atoms with E-state index < -0.39 is 6.04 Å². The van der Waals surface area contributed by atoms with Gasteiger partial charge in [-0.25, -0.2) is 4.68 Å². The first-order chi connectivity index (χ1) is 17.1. The summed E-state index contributed by atoms with van der Waals surface area (Å²) in [5.41, 5.74) is 3.49. The van der Waals surface area contributed by atoms with Crippen LogP contribution in [0.3, 0.4) is 0 Å². The van der Waals surface area contributed by atoms with E-state index in [1.165, 1.54) is 0 Å². The number of anilines is 2. The van der Waals surface area contributed by atoms with E-state index in [-0.39, 0.29) is 5.91 Å². The Balaban J connectivity index is 1.60. The Morgan fingerprint density at radius 3 is 2.31 bits per heavy atom. The number of ether oxygens (including phenoxy) is 2. The number of fused-ring (bicyclic) bond motifs is 1. The van der Waals surface area contributed by atoms with E-state index in [9.17, 15) is 4.79 Å². The lowest BCUT2D eigenvalue weighted by Gasteiger charge is -2.28. The van der Waals surface area contributed by atoms with Gasteiger partial charge in [-0.05, 0) is 36.8 Å². The Labute approximate surface area is 203 Å². The summed E-state index contributed by atoms with van der Waals surface area (Å²) in [6, 6.07) is 24.2. The van der Waals surface area contributed by atoms with Crippen molar-refractivity contribution < 1.29 is 14.3 Å². The number of amides is 1. The summed E-state index contributed by atoms with van der Waals surface area (Å²) >= 11 is 0. The van der Waals surface area contributed by atoms with Gasteiger partial charge in [0.15, 0.2) is 5.82 Å². The van der Waals surface area contributed by atoms with Gasteiger partial charge in [0.25, 0.3) is 5.91 Å². The molecule has 2 heterocycles. The SMILES string of the molecule is COc1ccccc1NC(=O)C1=C(C)Nc2nc(-c3ccccc3OC)nn2C1c1ccccc1. The van der Waals surface area contributed by atoms with Crippen molar-refractivity contribution in [3.63, 3.8) is 0 Å². The molecule has 8 nitrogen and oxygen atoms in total. The zero-order valence-corrected chi connectivity index (χ0v) is 19.6. The molecule has 1 aromatic heterocycles. The van der Waals surface area contributed by atoms with Crippen LogP contribution >= 0.6 is 0 Å². The number of aromatic nitrogens is 3. The molecule has 1 atom stereocenters. The zero-order chi connectivity index (χ0) is 24.4. The molecule has 3 aromatic carbocycles. The lowest BCUT2D eigenvalue weighted by atomic mass is 9.95. The van der Waals surface area contributed by atoms with Crippen molar-refractivity contribution in [2.75, 3.05) is 24.9 Å². The summed E-state index contributed by atoms with van der Waals surface area (Å²) in [7, 11) is 3.19. The highest BCUT2D eigenvalue weighted by Gasteiger charge is 2.35. The van der Waals surface area contributed by atoms with E-state index >= 15 is 0 Å². The van der Waals surface area contributed by atoms with Crippen LogP contribution in [0.5, 0.6) is 11.5 Å². The van der Waals surface area contributed by atoms with Crippen LogP contribution in [-0.4, -0.2) is 34.9 Å². The van der Waals surface area contributed by atoms with Gasteiger partial charge in [-0.1, -0.05) is 54.6 Å². The van der Waals surface area contributed by atoms with E-state index in [0.717, 1.165) is 11.1 Å². The Morgan fingerprint density at radius 1 is 0.914 bits per heavy atom. The van der Waals surface area contributed by atoms with Gasteiger partial charge in [-0.2, -0.15) is 4.98 Å². The van der Waals surface area contributed by atoms with Crippen LogP contribution < -0.4 is 20.1 Å². The summed E-state index contributed by atoms with van der Waals surface area (Å²) in [5.74, 6) is 2.05. The van der Waals surface area contributed by atoms with Crippen molar-refractivity contribution in [2.24, 2.45) is 0 Å². The summed E-state index contributed by atoms with van der Waals surface area (Å²) in [4.78, 5) is 18.4. The van der Waals surface area contributed by atoms with Crippen molar-refractivity contribution >= 4 is 17.5 Å². The number of hydrogen-bond donors (Lipinski definition) is 2. The first-order valence-corrected chi connectivity index (χ1v) is 11.2. The normalized spacial score (nSPS) is 14.7. The second-order valence-electron chi connectivity index (χ2n) is 8.04. The van der Waals surface area contributed by atoms with Crippen LogP contribution in [0.2, 0.25) is 0 Å². The maximum atomic E-state index is 13.7. The molecule has 4 aromatic rings. The molecule has 1 aliphatic rings. The molecule has 0 bridgehead atoms. The smallest absolute Gasteiger partial charge is 0.255 e. The van der Waals surface area contributed by atoms with E-state index in [1.807, 2.05) is 73.7 Å². The maximum Gasteiger partial charge on any atom is 0.255 e. The highest BCUT2D eigenvalue weighted by atomic mass is 16.5. The molecule has 0 radical (unpaired) electrons. The molecule has 8 heteroatoms. The number of benzene rings is 3. The number of methoxy groups -OCH3 is 2. The van der Waals surface area contributed by atoms with Crippen LogP contribution in [0.15, 0.2) is 90.1 Å². The third-order valence-corrected chi connectivity index (χ3v) is 5.92. The molecule has 0 saturated carbocycles. The summed E-state index contributed by atoms with van der Waals surface area (Å²) in [6.45, 7) is 1.87. The molecular formula is C27H25N5O3. The number of para-hydroxylation sites is 3. The molecule has 176 valence electrons. The number of hydrogen-bond acceptors (Lipinski definition) is 6. The van der Waals surface area contributed by atoms with Crippen molar-refractivity contribution in [1.82, 2.24) is 14.8 Å². The molecule has 0 aliphatic carbocycles. The lowest BCUT2D eigenvalue weighted by Crippen LogP contribution is -2.31. The van der Waals surface area contributed by atoms with Crippen molar-refractivity contribution in [1.29, 1.82) is 0 Å². The lowest BCUT2D eigenvalue weighted by molar-refractivity contribution is -0.113. The second kappa shape index (κ2) is 9.34. The Morgan fingerprint density at radius 2 is 1.57 bits per heavy atom. The fraction of sp³-hybridized carbons (Fsp3) is 0.148. The third kappa shape index (κ3) is 4.10. The predicted molar refractivity (Wildman–Crippen MR) is 135 cm³/mol. The van der Waals surface area contributed by atoms with Crippen LogP contribution in [0.1, 0.15) is 18.5 Å². The minimum absolute atomic E-state index is 0.256. The molecule has 2 N–H and O–H groups in total. The zero-order valence-electron chi connectivity index (χ0n) is 19.6. The molecular weight excluding hydrogens is 442 g/mol. The Kier molecular flexibility index (Phi) is 5.93. The van der Waals surface area contributed by atoms with Gasteiger partial charge in [-0.15, -0.1) is 5.10 Å². The van der Waals surface area contributed by atoms with Crippen LogP contribution in [0.4, 0.5) is 11.6 Å². The van der Waals surface area contributed by atoms with Crippen LogP contribution in [0.25, 0.3) is 11.4 Å². The molecule has 1 amide bonds. The average molecular weight is 468 g/mol. The Hall–Kier alpha value is -4.59. The average Bonchev–Trinajstić information content (AvgIpc) is 3.32. The number of carbonyl (C=O) groups excluding carboxylic acids is 1. The molecule has 5 rings (SSSR count). The summed E-state index contributed by atoms with van der Waals surface area (Å²) < 4.78 is 12.7. The van der Waals surface area contributed by atoms with Crippen LogP contribution in [-0.2, 0) is 4.79 Å². The van der Waals surface area contributed by atoms with Gasteiger partial charge in [0, 0.05) is 5.70 Å². The molecule has 35 heavy (non-hydrogen) atoms. The second-order valence-corrected chi connectivity index (χ2v) is 8.04. The number of nitrogens with zero attached hydrogens (tertiary/aromatic N) is 3. The van der Waals surface area contributed by atoms with E-state index in [0.29, 0.717) is 40.2 Å². The highest BCUT2D eigenvalue weighted by molar-refractivity contribution is 6.06. The minimum atomic E-state index is -0.488. The largest absolute Gasteiger partial charge is 0.496 e. The van der Waals surface area contributed by atoms with Crippen molar-refractivity contribution in [3.05, 3.63) is 95.7 Å². The number of nitrogens with one attached hydrogen (secondary N) is 2. The quantitative estimate of drug-likeness (QED) is 0.420.